The Balaban J connectivity index is 0.000000921. The second-order valence-electron chi connectivity index (χ2n) is 3.88. The maximum Gasteiger partial charge on any atom is 0.156 e. The van der Waals surface area contributed by atoms with Gasteiger partial charge in [-0.05, 0) is 26.3 Å². The number of unbranched alkanes of at least 4 members (excludes halogenated alkanes) is 1. The zero-order valence-corrected chi connectivity index (χ0v) is 10.6. The zero-order chi connectivity index (χ0) is 11.7. The van der Waals surface area contributed by atoms with Crippen molar-refractivity contribution in [2.24, 2.45) is 0 Å². The van der Waals surface area contributed by atoms with Crippen LogP contribution in [-0.2, 0) is 4.74 Å². The first kappa shape index (κ1) is 14.9. The van der Waals surface area contributed by atoms with E-state index in [1.54, 1.807) is 0 Å². The average molecular weight is 217 g/mol. The lowest BCUT2D eigenvalue weighted by Crippen LogP contribution is -2.42. The fourth-order valence-electron chi connectivity index (χ4n) is 1.77. The molecule has 1 aliphatic rings. The number of rotatable bonds is 4. The maximum absolute atomic E-state index is 9.34. The second kappa shape index (κ2) is 9.13. The molecule has 3 unspecified atom stereocenters. The normalized spacial score (nSPS) is 30.6. The molecule has 0 saturated carbocycles. The first-order chi connectivity index (χ1) is 7.22. The van der Waals surface area contributed by atoms with Crippen LogP contribution in [0.3, 0.4) is 0 Å². The van der Waals surface area contributed by atoms with E-state index in [1.807, 2.05) is 20.8 Å². The molecule has 0 aromatic heterocycles. The Morgan fingerprint density at radius 3 is 2.53 bits per heavy atom. The van der Waals surface area contributed by atoms with E-state index in [1.165, 1.54) is 12.8 Å². The van der Waals surface area contributed by atoms with Crippen molar-refractivity contribution in [2.75, 3.05) is 6.54 Å². The summed E-state index contributed by atoms with van der Waals surface area (Å²) >= 11 is 0. The molecular formula is C12H27NO2. The second-order valence-corrected chi connectivity index (χ2v) is 3.88. The summed E-state index contributed by atoms with van der Waals surface area (Å²) in [6.07, 6.45) is 3.79. The predicted octanol–water partition coefficient (Wildman–Crippen LogP) is 2.29. The molecule has 2 N–H and O–H groups in total. The Hall–Kier alpha value is -0.120. The van der Waals surface area contributed by atoms with Crippen molar-refractivity contribution in [1.82, 2.24) is 5.32 Å². The van der Waals surface area contributed by atoms with Crippen LogP contribution in [0.5, 0.6) is 0 Å². The minimum absolute atomic E-state index is 0.183. The van der Waals surface area contributed by atoms with E-state index in [0.717, 1.165) is 19.4 Å². The van der Waals surface area contributed by atoms with Crippen molar-refractivity contribution >= 4 is 0 Å². The molecule has 0 aromatic rings. The molecule has 1 saturated heterocycles. The summed E-state index contributed by atoms with van der Waals surface area (Å²) in [5, 5.41) is 12.8. The highest BCUT2D eigenvalue weighted by molar-refractivity contribution is 4.76. The fourth-order valence-corrected chi connectivity index (χ4v) is 1.77. The third-order valence-corrected chi connectivity index (χ3v) is 2.46. The Bertz CT molecular complexity index is 132. The number of aliphatic hydroxyl groups is 1. The standard InChI is InChI=1S/C10H21NO2.C2H6/c1-3-4-5-11-9-6-8(2)13-10(12)7-9;1-2/h8-12H,3-7H2,1-2H3;1-2H3. The highest BCUT2D eigenvalue weighted by Crippen LogP contribution is 2.17. The summed E-state index contributed by atoms with van der Waals surface area (Å²) in [6, 6.07) is 0.435. The summed E-state index contributed by atoms with van der Waals surface area (Å²) in [4.78, 5) is 0. The zero-order valence-electron chi connectivity index (χ0n) is 10.6. The Morgan fingerprint density at radius 1 is 1.33 bits per heavy atom. The Labute approximate surface area is 94.2 Å². The molecule has 15 heavy (non-hydrogen) atoms. The number of aliphatic hydroxyl groups excluding tert-OH is 1. The molecule has 0 aliphatic carbocycles. The lowest BCUT2D eigenvalue weighted by atomic mass is 10.0. The number of hydrogen-bond donors (Lipinski definition) is 2. The van der Waals surface area contributed by atoms with Crippen molar-refractivity contribution in [3.05, 3.63) is 0 Å². The highest BCUT2D eigenvalue weighted by atomic mass is 16.6. The van der Waals surface area contributed by atoms with Crippen LogP contribution in [0.2, 0.25) is 0 Å². The van der Waals surface area contributed by atoms with Gasteiger partial charge in [-0.2, -0.15) is 0 Å². The van der Waals surface area contributed by atoms with Crippen molar-refractivity contribution < 1.29 is 9.84 Å². The fraction of sp³-hybridized carbons (Fsp3) is 1.00. The van der Waals surface area contributed by atoms with Crippen molar-refractivity contribution in [3.63, 3.8) is 0 Å². The first-order valence-corrected chi connectivity index (χ1v) is 6.29. The number of nitrogens with one attached hydrogen (secondary N) is 1. The largest absolute Gasteiger partial charge is 0.368 e. The van der Waals surface area contributed by atoms with Crippen molar-refractivity contribution in [1.29, 1.82) is 0 Å². The topological polar surface area (TPSA) is 41.5 Å². The molecule has 1 rings (SSSR count). The van der Waals surface area contributed by atoms with Gasteiger partial charge in [0, 0.05) is 12.5 Å². The minimum atomic E-state index is -0.567. The summed E-state index contributed by atoms with van der Waals surface area (Å²) in [5.41, 5.74) is 0. The Morgan fingerprint density at radius 2 is 2.00 bits per heavy atom. The molecular weight excluding hydrogens is 190 g/mol. The summed E-state index contributed by atoms with van der Waals surface area (Å²) < 4.78 is 5.24. The molecule has 0 aromatic carbocycles. The molecule has 3 nitrogen and oxygen atoms in total. The van der Waals surface area contributed by atoms with Crippen LogP contribution in [0.25, 0.3) is 0 Å². The first-order valence-electron chi connectivity index (χ1n) is 6.29. The minimum Gasteiger partial charge on any atom is -0.368 e. The predicted molar refractivity (Wildman–Crippen MR) is 63.8 cm³/mol. The third-order valence-electron chi connectivity index (χ3n) is 2.46. The van der Waals surface area contributed by atoms with Gasteiger partial charge in [0.05, 0.1) is 6.10 Å². The van der Waals surface area contributed by atoms with Crippen LogP contribution in [0.15, 0.2) is 0 Å². The number of ether oxygens (including phenoxy) is 1. The van der Waals surface area contributed by atoms with E-state index in [9.17, 15) is 5.11 Å². The summed E-state index contributed by atoms with van der Waals surface area (Å²) in [7, 11) is 0. The molecule has 0 radical (unpaired) electrons. The van der Waals surface area contributed by atoms with Gasteiger partial charge in [0.15, 0.2) is 6.29 Å². The molecule has 92 valence electrons. The van der Waals surface area contributed by atoms with E-state index in [-0.39, 0.29) is 6.10 Å². The molecule has 3 atom stereocenters. The number of hydrogen-bond acceptors (Lipinski definition) is 3. The average Bonchev–Trinajstić information content (AvgIpc) is 2.20. The molecule has 1 heterocycles. The smallest absolute Gasteiger partial charge is 0.156 e. The van der Waals surface area contributed by atoms with Gasteiger partial charge in [0.1, 0.15) is 0 Å². The molecule has 0 amide bonds. The van der Waals surface area contributed by atoms with E-state index in [4.69, 9.17) is 4.74 Å². The van der Waals surface area contributed by atoms with Crippen LogP contribution >= 0.6 is 0 Å². The Kier molecular flexibility index (Phi) is 9.06. The van der Waals surface area contributed by atoms with Crippen molar-refractivity contribution in [2.45, 2.75) is 71.8 Å². The van der Waals surface area contributed by atoms with Gasteiger partial charge in [0.25, 0.3) is 0 Å². The van der Waals surface area contributed by atoms with Crippen LogP contribution in [0.1, 0.15) is 53.4 Å². The highest BCUT2D eigenvalue weighted by Gasteiger charge is 2.24. The SMILES string of the molecule is CC.CCCCNC1CC(C)OC(O)C1. The van der Waals surface area contributed by atoms with Gasteiger partial charge in [-0.25, -0.2) is 0 Å². The van der Waals surface area contributed by atoms with Gasteiger partial charge in [0.2, 0.25) is 0 Å². The summed E-state index contributed by atoms with van der Waals surface area (Å²) in [6.45, 7) is 9.25. The van der Waals surface area contributed by atoms with E-state index in [2.05, 4.69) is 12.2 Å². The van der Waals surface area contributed by atoms with Gasteiger partial charge in [-0.1, -0.05) is 27.2 Å². The lowest BCUT2D eigenvalue weighted by Gasteiger charge is -2.31. The van der Waals surface area contributed by atoms with E-state index < -0.39 is 6.29 Å². The monoisotopic (exact) mass is 217 g/mol. The van der Waals surface area contributed by atoms with E-state index >= 15 is 0 Å². The van der Waals surface area contributed by atoms with Crippen molar-refractivity contribution in [3.8, 4) is 0 Å². The molecule has 0 bridgehead atoms. The lowest BCUT2D eigenvalue weighted by molar-refractivity contribution is -0.164. The molecule has 0 spiro atoms. The summed E-state index contributed by atoms with van der Waals surface area (Å²) in [5.74, 6) is 0. The van der Waals surface area contributed by atoms with Crippen LogP contribution in [0.4, 0.5) is 0 Å². The molecule has 3 heteroatoms. The third kappa shape index (κ3) is 6.88. The van der Waals surface area contributed by atoms with E-state index in [0.29, 0.717) is 6.04 Å². The van der Waals surface area contributed by atoms with Gasteiger partial charge in [-0.15, -0.1) is 0 Å². The van der Waals surface area contributed by atoms with Crippen LogP contribution in [0, 0.1) is 0 Å². The van der Waals surface area contributed by atoms with Gasteiger partial charge in [-0.3, -0.25) is 0 Å². The molecule has 1 aliphatic heterocycles. The van der Waals surface area contributed by atoms with Crippen LogP contribution in [-0.4, -0.2) is 30.1 Å². The van der Waals surface area contributed by atoms with Gasteiger partial charge >= 0.3 is 0 Å². The maximum atomic E-state index is 9.34. The quantitative estimate of drug-likeness (QED) is 0.710. The van der Waals surface area contributed by atoms with Crippen LogP contribution < -0.4 is 5.32 Å². The van der Waals surface area contributed by atoms with Gasteiger partial charge < -0.3 is 15.2 Å². The molecule has 1 fully saturated rings.